The largest absolute Gasteiger partial charge is 0.455 e. The first-order valence-corrected chi connectivity index (χ1v) is 19.7. The van der Waals surface area contributed by atoms with Gasteiger partial charge < -0.3 is 29.7 Å². The van der Waals surface area contributed by atoms with E-state index >= 15 is 9.59 Å². The minimum atomic E-state index is -1.46. The Balaban J connectivity index is 1.27. The molecule has 292 valence electrons. The molecule has 3 saturated heterocycles. The van der Waals surface area contributed by atoms with Gasteiger partial charge in [-0.2, -0.15) is 0 Å². The van der Waals surface area contributed by atoms with Gasteiger partial charge in [0.2, 0.25) is 17.7 Å². The summed E-state index contributed by atoms with van der Waals surface area (Å²) < 4.78 is 14.7. The van der Waals surface area contributed by atoms with Crippen LogP contribution in [-0.2, 0) is 35.3 Å². The van der Waals surface area contributed by atoms with Gasteiger partial charge in [0.25, 0.3) is 0 Å². The Kier molecular flexibility index (Phi) is 11.5. The summed E-state index contributed by atoms with van der Waals surface area (Å²) in [4.78, 5) is 60.3. The number of para-hydroxylation sites is 1. The topological polar surface area (TPSA) is 156 Å². The highest BCUT2D eigenvalue weighted by Gasteiger charge is 2.77. The molecule has 4 aromatic rings. The van der Waals surface area contributed by atoms with E-state index in [1.807, 2.05) is 60.7 Å². The summed E-state index contributed by atoms with van der Waals surface area (Å²) in [5, 5.41) is 22.5. The number of aliphatic hydroxyl groups excluding tert-OH is 1. The minimum absolute atomic E-state index is 0.0123. The molecule has 3 fully saturated rings. The first-order valence-electron chi connectivity index (χ1n) is 18.8. The number of ether oxygens (including phenoxy) is 2. The molecule has 3 aromatic carbocycles. The molecule has 13 nitrogen and oxygen atoms in total. The van der Waals surface area contributed by atoms with Crippen LogP contribution >= 0.6 is 15.9 Å². The normalized spacial score (nSPS) is 25.3. The second kappa shape index (κ2) is 16.5. The number of carbonyl (C=O) groups excluding carboxylic acids is 4. The van der Waals surface area contributed by atoms with Crippen molar-refractivity contribution in [1.29, 1.82) is 0 Å². The summed E-state index contributed by atoms with van der Waals surface area (Å²) in [6.07, 6.45) is 2.49. The predicted octanol–water partition coefficient (Wildman–Crippen LogP) is 4.64. The molecule has 7 rings (SSSR count). The van der Waals surface area contributed by atoms with E-state index in [2.05, 4.69) is 44.7 Å². The van der Waals surface area contributed by atoms with E-state index in [4.69, 9.17) is 9.47 Å². The van der Waals surface area contributed by atoms with Crippen LogP contribution < -0.4 is 5.32 Å². The molecule has 0 aliphatic carbocycles. The number of nitrogens with zero attached hydrogens (tertiary/aromatic N) is 5. The molecule has 14 heteroatoms. The van der Waals surface area contributed by atoms with Crippen LogP contribution in [0.4, 0.5) is 0 Å². The fourth-order valence-electron chi connectivity index (χ4n) is 8.65. The number of alkyl halides is 1. The zero-order valence-corrected chi connectivity index (χ0v) is 32.6. The van der Waals surface area contributed by atoms with Crippen LogP contribution in [0, 0.1) is 11.8 Å². The van der Waals surface area contributed by atoms with E-state index in [1.54, 1.807) is 48.0 Å². The molecule has 9 atom stereocenters. The standard InChI is InChI=1S/C42H45BrN6O7/c1-4-6-21-33(51)44-26(3)36(28-17-11-8-12-18-28)55-41(54)34-35-39(52)49(32(24-50)27-15-9-7-10-16-27)38(42(35)23-29(43)37(34)56-42)40(53)47(22-5-2)25-48-31-20-14-13-19-30(31)45-46-48/h4-5,7-20,26,29,32,34-38,50H,1-2,6,21-25H2,3H3,(H,44,51)/t26-,29?,32-,34-,35+,36-,37-,38-,42+/m1/s1. The molecular weight excluding hydrogens is 780 g/mol. The van der Waals surface area contributed by atoms with E-state index in [0.717, 1.165) is 0 Å². The van der Waals surface area contributed by atoms with Crippen LogP contribution in [0.3, 0.4) is 0 Å². The first-order chi connectivity index (χ1) is 27.1. The lowest BCUT2D eigenvalue weighted by Gasteiger charge is -2.39. The van der Waals surface area contributed by atoms with Crippen molar-refractivity contribution in [3.63, 3.8) is 0 Å². The van der Waals surface area contributed by atoms with E-state index in [1.165, 1.54) is 9.80 Å². The summed E-state index contributed by atoms with van der Waals surface area (Å²) >= 11 is 3.75. The van der Waals surface area contributed by atoms with Crippen molar-refractivity contribution in [1.82, 2.24) is 30.1 Å². The molecule has 3 amide bonds. The van der Waals surface area contributed by atoms with Crippen LogP contribution in [0.15, 0.2) is 110 Å². The minimum Gasteiger partial charge on any atom is -0.455 e. The molecule has 1 aromatic heterocycles. The summed E-state index contributed by atoms with van der Waals surface area (Å²) in [6, 6.07) is 22.7. The molecule has 0 radical (unpaired) electrons. The fraction of sp³-hybridized carbons (Fsp3) is 0.381. The number of benzene rings is 3. The molecule has 3 aliphatic heterocycles. The molecular formula is C42H45BrN6O7. The number of rotatable bonds is 16. The van der Waals surface area contributed by atoms with Crippen LogP contribution in [0.5, 0.6) is 0 Å². The Bertz CT molecular complexity index is 2100. The average Bonchev–Trinajstić information content (AvgIpc) is 3.94. The monoisotopic (exact) mass is 824 g/mol. The zero-order valence-electron chi connectivity index (χ0n) is 31.0. The molecule has 2 bridgehead atoms. The highest BCUT2D eigenvalue weighted by molar-refractivity contribution is 9.09. The van der Waals surface area contributed by atoms with Gasteiger partial charge in [-0.25, -0.2) is 4.68 Å². The van der Waals surface area contributed by atoms with Gasteiger partial charge in [0.05, 0.1) is 42.1 Å². The lowest BCUT2D eigenvalue weighted by molar-refractivity contribution is -0.162. The van der Waals surface area contributed by atoms with E-state index < -0.39 is 77.0 Å². The van der Waals surface area contributed by atoms with Gasteiger partial charge in [-0.1, -0.05) is 106 Å². The van der Waals surface area contributed by atoms with Gasteiger partial charge in [-0.15, -0.1) is 18.3 Å². The molecule has 56 heavy (non-hydrogen) atoms. The summed E-state index contributed by atoms with van der Waals surface area (Å²) in [5.41, 5.74) is 1.17. The van der Waals surface area contributed by atoms with Crippen molar-refractivity contribution in [3.05, 3.63) is 121 Å². The number of halogens is 1. The Morgan fingerprint density at radius 1 is 1.05 bits per heavy atom. The van der Waals surface area contributed by atoms with Crippen molar-refractivity contribution < 1.29 is 33.8 Å². The lowest BCUT2D eigenvalue weighted by Crippen LogP contribution is -2.57. The third kappa shape index (κ3) is 7.05. The number of allylic oxidation sites excluding steroid dienone is 1. The highest BCUT2D eigenvalue weighted by Crippen LogP contribution is 2.61. The van der Waals surface area contributed by atoms with E-state index in [0.29, 0.717) is 28.6 Å². The van der Waals surface area contributed by atoms with E-state index in [9.17, 15) is 14.7 Å². The molecule has 1 unspecified atom stereocenters. The third-order valence-corrected chi connectivity index (χ3v) is 11.9. The zero-order chi connectivity index (χ0) is 39.6. The second-order valence-corrected chi connectivity index (χ2v) is 15.7. The predicted molar refractivity (Wildman–Crippen MR) is 211 cm³/mol. The van der Waals surface area contributed by atoms with Crippen LogP contribution in [0.2, 0.25) is 0 Å². The van der Waals surface area contributed by atoms with Gasteiger partial charge in [-0.05, 0) is 43.0 Å². The summed E-state index contributed by atoms with van der Waals surface area (Å²) in [6.45, 7) is 8.95. The maximum absolute atomic E-state index is 15.2. The van der Waals surface area contributed by atoms with Crippen molar-refractivity contribution in [3.8, 4) is 0 Å². The van der Waals surface area contributed by atoms with Crippen molar-refractivity contribution in [2.24, 2.45) is 11.8 Å². The lowest BCUT2D eigenvalue weighted by atomic mass is 9.70. The van der Waals surface area contributed by atoms with Crippen molar-refractivity contribution in [2.75, 3.05) is 13.2 Å². The second-order valence-electron chi connectivity index (χ2n) is 14.5. The Morgan fingerprint density at radius 2 is 1.73 bits per heavy atom. The molecule has 2 N–H and O–H groups in total. The number of aliphatic hydroxyl groups is 1. The summed E-state index contributed by atoms with van der Waals surface area (Å²) in [7, 11) is 0. The number of aromatic nitrogens is 3. The summed E-state index contributed by atoms with van der Waals surface area (Å²) in [5.74, 6) is -4.10. The number of amides is 3. The van der Waals surface area contributed by atoms with Gasteiger partial charge in [0.1, 0.15) is 29.9 Å². The van der Waals surface area contributed by atoms with Gasteiger partial charge in [0.15, 0.2) is 0 Å². The van der Waals surface area contributed by atoms with Crippen molar-refractivity contribution in [2.45, 2.75) is 73.6 Å². The van der Waals surface area contributed by atoms with Gasteiger partial charge in [-0.3, -0.25) is 19.2 Å². The van der Waals surface area contributed by atoms with Crippen LogP contribution in [0.1, 0.15) is 49.5 Å². The number of likely N-dealkylation sites (tertiary alicyclic amines) is 1. The molecule has 3 aliphatic rings. The maximum atomic E-state index is 15.2. The van der Waals surface area contributed by atoms with Gasteiger partial charge in [0, 0.05) is 17.8 Å². The van der Waals surface area contributed by atoms with Crippen LogP contribution in [-0.4, -0.2) is 95.4 Å². The number of hydrogen-bond acceptors (Lipinski definition) is 9. The first kappa shape index (κ1) is 39.1. The molecule has 0 saturated carbocycles. The Morgan fingerprint density at radius 3 is 2.41 bits per heavy atom. The quantitative estimate of drug-likeness (QED) is 0.0934. The number of esters is 1. The molecule has 1 spiro atoms. The Hall–Kier alpha value is -5.18. The van der Waals surface area contributed by atoms with Crippen molar-refractivity contribution >= 4 is 50.7 Å². The SMILES string of the molecule is C=CCCC(=O)N[C@H](C)[C@@H](OC(=O)[C@H]1[C@@H]2O[C@@]3(CC2Br)[C@@H]1C(=O)N([C@H](CO)c1ccccc1)[C@@H]3C(=O)N(CC=C)Cn1nnc2ccccc21)c1ccccc1. The third-order valence-electron chi connectivity index (χ3n) is 11.1. The number of carbonyl (C=O) groups is 4. The average molecular weight is 826 g/mol. The van der Waals surface area contributed by atoms with Gasteiger partial charge >= 0.3 is 5.97 Å². The Labute approximate surface area is 333 Å². The highest BCUT2D eigenvalue weighted by atomic mass is 79.9. The van der Waals surface area contributed by atoms with Crippen LogP contribution in [0.25, 0.3) is 11.0 Å². The van der Waals surface area contributed by atoms with E-state index in [-0.39, 0.29) is 32.0 Å². The smallest absolute Gasteiger partial charge is 0.313 e. The fourth-order valence-corrected chi connectivity index (χ4v) is 9.59. The number of nitrogens with one attached hydrogen (secondary N) is 1. The molecule has 4 heterocycles. The maximum Gasteiger partial charge on any atom is 0.313 e. The number of fused-ring (bicyclic) bond motifs is 2. The number of hydrogen-bond donors (Lipinski definition) is 2.